The summed E-state index contributed by atoms with van der Waals surface area (Å²) in [5, 5.41) is 6.04. The zero-order chi connectivity index (χ0) is 21.1. The van der Waals surface area contributed by atoms with Crippen molar-refractivity contribution in [1.82, 2.24) is 9.88 Å². The van der Waals surface area contributed by atoms with Crippen LogP contribution in [0.4, 0.5) is 21.9 Å². The molecule has 1 aromatic heterocycles. The molecule has 4 rings (SSSR count). The molecular formula is C21H21N5O3S. The highest BCUT2D eigenvalue weighted by atomic mass is 32.1. The maximum atomic E-state index is 12.6. The van der Waals surface area contributed by atoms with Crippen molar-refractivity contribution >= 4 is 40.3 Å². The molecule has 1 aliphatic heterocycles. The predicted octanol–water partition coefficient (Wildman–Crippen LogP) is 3.58. The second kappa shape index (κ2) is 8.42. The lowest BCUT2D eigenvalue weighted by Crippen LogP contribution is -2.38. The number of nitrogen functional groups attached to an aromatic ring is 1. The molecule has 2 heterocycles. The third-order valence-corrected chi connectivity index (χ3v) is 5.84. The average Bonchev–Trinajstić information content (AvgIpc) is 3.19. The monoisotopic (exact) mass is 423 g/mol. The quantitative estimate of drug-likeness (QED) is 0.556. The molecule has 8 nitrogen and oxygen atoms in total. The molecule has 30 heavy (non-hydrogen) atoms. The lowest BCUT2D eigenvalue weighted by atomic mass is 10.2. The average molecular weight is 423 g/mol. The molecule has 0 atom stereocenters. The molecule has 3 aromatic rings. The first-order valence-electron chi connectivity index (χ1n) is 9.38. The Labute approximate surface area is 177 Å². The van der Waals surface area contributed by atoms with Gasteiger partial charge >= 0.3 is 6.03 Å². The van der Waals surface area contributed by atoms with E-state index in [1.807, 2.05) is 0 Å². The van der Waals surface area contributed by atoms with Gasteiger partial charge in [-0.15, -0.1) is 11.3 Å². The second-order valence-corrected chi connectivity index (χ2v) is 7.84. The zero-order valence-electron chi connectivity index (χ0n) is 16.3. The van der Waals surface area contributed by atoms with E-state index in [2.05, 4.69) is 15.6 Å². The number of anilines is 3. The number of nitrogens with one attached hydrogen (secondary N) is 2. The summed E-state index contributed by atoms with van der Waals surface area (Å²) in [6.07, 6.45) is 0.600. The molecule has 0 fully saturated rings. The standard InChI is InChI=1S/C21H21N5O3S/c1-29-14-8-6-13(7-9-14)23-21(28)26-11-10-17-18(12-26)30-20(25-17)19(27)24-16-5-3-2-4-15(16)22/h2-9H,10-12,22H2,1H3,(H,23,28)(H,24,27). The predicted molar refractivity (Wildman–Crippen MR) is 117 cm³/mol. The van der Waals surface area contributed by atoms with Gasteiger partial charge in [0.25, 0.3) is 5.91 Å². The van der Waals surface area contributed by atoms with Gasteiger partial charge in [-0.1, -0.05) is 12.1 Å². The number of rotatable bonds is 4. The van der Waals surface area contributed by atoms with E-state index in [0.29, 0.717) is 41.6 Å². The van der Waals surface area contributed by atoms with E-state index in [9.17, 15) is 9.59 Å². The topological polar surface area (TPSA) is 110 Å². The zero-order valence-corrected chi connectivity index (χ0v) is 17.2. The molecule has 3 amide bonds. The van der Waals surface area contributed by atoms with Crippen molar-refractivity contribution in [2.75, 3.05) is 30.0 Å². The number of hydrogen-bond acceptors (Lipinski definition) is 6. The van der Waals surface area contributed by atoms with E-state index in [0.717, 1.165) is 16.3 Å². The summed E-state index contributed by atoms with van der Waals surface area (Å²) in [4.78, 5) is 32.3. The highest BCUT2D eigenvalue weighted by Crippen LogP contribution is 2.27. The number of urea groups is 1. The number of carbonyl (C=O) groups is 2. The largest absolute Gasteiger partial charge is 0.497 e. The lowest BCUT2D eigenvalue weighted by Gasteiger charge is -2.26. The van der Waals surface area contributed by atoms with Gasteiger partial charge in [-0.25, -0.2) is 9.78 Å². The van der Waals surface area contributed by atoms with Crippen molar-refractivity contribution in [2.24, 2.45) is 0 Å². The third kappa shape index (κ3) is 4.20. The van der Waals surface area contributed by atoms with Gasteiger partial charge in [0.2, 0.25) is 0 Å². The van der Waals surface area contributed by atoms with Gasteiger partial charge in [-0.05, 0) is 36.4 Å². The van der Waals surface area contributed by atoms with Crippen molar-refractivity contribution in [3.8, 4) is 5.75 Å². The molecule has 0 saturated heterocycles. The minimum atomic E-state index is -0.304. The maximum Gasteiger partial charge on any atom is 0.322 e. The number of carbonyl (C=O) groups excluding carboxylic acids is 2. The fraction of sp³-hybridized carbons (Fsp3) is 0.190. The van der Waals surface area contributed by atoms with Crippen LogP contribution in [-0.4, -0.2) is 35.5 Å². The summed E-state index contributed by atoms with van der Waals surface area (Å²) >= 11 is 1.30. The number of nitrogens with zero attached hydrogens (tertiary/aromatic N) is 2. The molecule has 0 aliphatic carbocycles. The van der Waals surface area contributed by atoms with Gasteiger partial charge in [0, 0.05) is 23.5 Å². The van der Waals surface area contributed by atoms with Crippen LogP contribution >= 0.6 is 11.3 Å². The van der Waals surface area contributed by atoms with E-state index >= 15 is 0 Å². The Balaban J connectivity index is 1.41. The molecular weight excluding hydrogens is 402 g/mol. The number of benzene rings is 2. The van der Waals surface area contributed by atoms with Gasteiger partial charge in [-0.2, -0.15) is 0 Å². The van der Waals surface area contributed by atoms with Crippen LogP contribution in [0, 0.1) is 0 Å². The molecule has 0 radical (unpaired) electrons. The number of nitrogens with two attached hydrogens (primary N) is 1. The van der Waals surface area contributed by atoms with E-state index in [4.69, 9.17) is 10.5 Å². The minimum absolute atomic E-state index is 0.192. The fourth-order valence-electron chi connectivity index (χ4n) is 3.13. The third-order valence-electron chi connectivity index (χ3n) is 4.76. The minimum Gasteiger partial charge on any atom is -0.497 e. The Morgan fingerprint density at radius 2 is 1.90 bits per heavy atom. The van der Waals surface area contributed by atoms with Crippen LogP contribution in [-0.2, 0) is 13.0 Å². The number of hydrogen-bond donors (Lipinski definition) is 3. The Hall–Kier alpha value is -3.59. The van der Waals surface area contributed by atoms with Crippen molar-refractivity contribution in [1.29, 1.82) is 0 Å². The molecule has 154 valence electrons. The molecule has 4 N–H and O–H groups in total. The summed E-state index contributed by atoms with van der Waals surface area (Å²) in [5.41, 5.74) is 8.48. The van der Waals surface area contributed by atoms with Crippen LogP contribution in [0.2, 0.25) is 0 Å². The van der Waals surface area contributed by atoms with Crippen LogP contribution in [0.1, 0.15) is 20.4 Å². The SMILES string of the molecule is COc1ccc(NC(=O)N2CCc3nc(C(=O)Nc4ccccc4N)sc3C2)cc1. The molecule has 0 bridgehead atoms. The van der Waals surface area contributed by atoms with Crippen LogP contribution in [0.15, 0.2) is 48.5 Å². The highest BCUT2D eigenvalue weighted by molar-refractivity contribution is 7.13. The lowest BCUT2D eigenvalue weighted by molar-refractivity contribution is 0.102. The van der Waals surface area contributed by atoms with Crippen LogP contribution in [0.5, 0.6) is 5.75 Å². The van der Waals surface area contributed by atoms with Crippen molar-refractivity contribution in [3.05, 3.63) is 64.1 Å². The number of thiazole rings is 1. The van der Waals surface area contributed by atoms with Gasteiger partial charge < -0.3 is 26.0 Å². The normalized spacial score (nSPS) is 12.8. The summed E-state index contributed by atoms with van der Waals surface area (Å²) in [7, 11) is 1.59. The first-order chi connectivity index (χ1) is 14.5. The summed E-state index contributed by atoms with van der Waals surface area (Å²) in [6, 6.07) is 14.0. The van der Waals surface area contributed by atoms with Crippen molar-refractivity contribution in [2.45, 2.75) is 13.0 Å². The number of ether oxygens (including phenoxy) is 1. The second-order valence-electron chi connectivity index (χ2n) is 6.76. The van der Waals surface area contributed by atoms with Crippen LogP contribution in [0.25, 0.3) is 0 Å². The highest BCUT2D eigenvalue weighted by Gasteiger charge is 2.26. The number of methoxy groups -OCH3 is 1. The Morgan fingerprint density at radius 3 is 2.63 bits per heavy atom. The van der Waals surface area contributed by atoms with E-state index in [1.54, 1.807) is 60.5 Å². The first-order valence-corrected chi connectivity index (χ1v) is 10.2. The summed E-state index contributed by atoms with van der Waals surface area (Å²) in [5.74, 6) is 0.421. The molecule has 0 spiro atoms. The molecule has 2 aromatic carbocycles. The summed E-state index contributed by atoms with van der Waals surface area (Å²) in [6.45, 7) is 0.946. The molecule has 0 unspecified atom stereocenters. The van der Waals surface area contributed by atoms with Gasteiger partial charge in [-0.3, -0.25) is 4.79 Å². The van der Waals surface area contributed by atoms with Gasteiger partial charge in [0.1, 0.15) is 5.75 Å². The molecule has 9 heteroatoms. The maximum absolute atomic E-state index is 12.6. The number of fused-ring (bicyclic) bond motifs is 1. The Kier molecular flexibility index (Phi) is 5.53. The van der Waals surface area contributed by atoms with E-state index < -0.39 is 0 Å². The van der Waals surface area contributed by atoms with E-state index in [1.165, 1.54) is 11.3 Å². The molecule has 0 saturated carbocycles. The smallest absolute Gasteiger partial charge is 0.322 e. The van der Waals surface area contributed by atoms with Crippen LogP contribution in [0.3, 0.4) is 0 Å². The van der Waals surface area contributed by atoms with Crippen molar-refractivity contribution in [3.63, 3.8) is 0 Å². The van der Waals surface area contributed by atoms with E-state index in [-0.39, 0.29) is 11.9 Å². The number of aromatic nitrogens is 1. The van der Waals surface area contributed by atoms with Crippen LogP contribution < -0.4 is 21.1 Å². The Bertz CT molecular complexity index is 1080. The number of para-hydroxylation sites is 2. The number of amides is 3. The van der Waals surface area contributed by atoms with Gasteiger partial charge in [0.05, 0.1) is 30.7 Å². The Morgan fingerprint density at radius 1 is 1.13 bits per heavy atom. The van der Waals surface area contributed by atoms with Crippen molar-refractivity contribution < 1.29 is 14.3 Å². The fourth-order valence-corrected chi connectivity index (χ4v) is 4.15. The molecule has 1 aliphatic rings. The first kappa shape index (κ1) is 19.7. The van der Waals surface area contributed by atoms with Gasteiger partial charge in [0.15, 0.2) is 5.01 Å². The summed E-state index contributed by atoms with van der Waals surface area (Å²) < 4.78 is 5.13.